The van der Waals surface area contributed by atoms with Crippen LogP contribution in [0.5, 0.6) is 0 Å². The van der Waals surface area contributed by atoms with Gasteiger partial charge in [0.1, 0.15) is 23.5 Å². The van der Waals surface area contributed by atoms with Crippen molar-refractivity contribution in [1.29, 1.82) is 0 Å². The number of hydrogen-bond acceptors (Lipinski definition) is 4. The Morgan fingerprint density at radius 3 is 3.06 bits per heavy atom. The number of nitrogen functional groups attached to an aromatic ring is 1. The van der Waals surface area contributed by atoms with E-state index in [9.17, 15) is 0 Å². The molecule has 0 amide bonds. The van der Waals surface area contributed by atoms with Crippen molar-refractivity contribution in [2.75, 3.05) is 12.3 Å². The van der Waals surface area contributed by atoms with Gasteiger partial charge >= 0.3 is 0 Å². The van der Waals surface area contributed by atoms with Crippen molar-refractivity contribution in [3.63, 3.8) is 0 Å². The fraction of sp³-hybridized carbons (Fsp3) is 0.167. The quantitative estimate of drug-likeness (QED) is 0.624. The zero-order valence-corrected chi connectivity index (χ0v) is 9.05. The summed E-state index contributed by atoms with van der Waals surface area (Å²) >= 11 is 0. The second kappa shape index (κ2) is 2.88. The molecule has 4 rings (SSSR count). The van der Waals surface area contributed by atoms with Crippen molar-refractivity contribution < 1.29 is 4.84 Å². The van der Waals surface area contributed by atoms with Gasteiger partial charge in [-0.05, 0) is 6.07 Å². The van der Waals surface area contributed by atoms with Crippen molar-refractivity contribution in [2.24, 2.45) is 0 Å². The highest BCUT2D eigenvalue weighted by molar-refractivity contribution is 6.06. The summed E-state index contributed by atoms with van der Waals surface area (Å²) in [7, 11) is 0. The zero-order valence-electron chi connectivity index (χ0n) is 9.05. The van der Waals surface area contributed by atoms with Gasteiger partial charge in [0, 0.05) is 11.8 Å². The maximum atomic E-state index is 5.94. The molecule has 1 aliphatic heterocycles. The first-order valence-corrected chi connectivity index (χ1v) is 5.53. The van der Waals surface area contributed by atoms with E-state index >= 15 is 0 Å². The van der Waals surface area contributed by atoms with Crippen LogP contribution in [0.3, 0.4) is 0 Å². The highest BCUT2D eigenvalue weighted by atomic mass is 16.7. The molecule has 1 aromatic carbocycles. The molecule has 0 saturated heterocycles. The maximum Gasteiger partial charge on any atom is 0.152 e. The third-order valence-electron chi connectivity index (χ3n) is 3.09. The average Bonchev–Trinajstić information content (AvgIpc) is 2.89. The Balaban J connectivity index is 2.30. The maximum absolute atomic E-state index is 5.94. The van der Waals surface area contributed by atoms with Crippen LogP contribution in [-0.4, -0.2) is 21.3 Å². The molecule has 1 aliphatic rings. The monoisotopic (exact) mass is 226 g/mol. The van der Waals surface area contributed by atoms with Gasteiger partial charge in [-0.25, -0.2) is 9.97 Å². The number of pyridine rings is 1. The molecule has 5 nitrogen and oxygen atoms in total. The van der Waals surface area contributed by atoms with Crippen LogP contribution in [0, 0.1) is 0 Å². The summed E-state index contributed by atoms with van der Waals surface area (Å²) in [5, 5.41) is 1.03. The van der Waals surface area contributed by atoms with E-state index in [2.05, 4.69) is 9.97 Å². The van der Waals surface area contributed by atoms with Crippen LogP contribution in [0.4, 0.5) is 5.82 Å². The van der Waals surface area contributed by atoms with Crippen LogP contribution in [-0.2, 0) is 6.42 Å². The van der Waals surface area contributed by atoms with Gasteiger partial charge in [0.25, 0.3) is 0 Å². The second-order valence-electron chi connectivity index (χ2n) is 4.12. The Kier molecular flexibility index (Phi) is 1.49. The van der Waals surface area contributed by atoms with Crippen LogP contribution >= 0.6 is 0 Å². The highest BCUT2D eigenvalue weighted by Crippen LogP contribution is 2.29. The third-order valence-corrected chi connectivity index (χ3v) is 3.09. The first-order valence-electron chi connectivity index (χ1n) is 5.53. The Labute approximate surface area is 96.8 Å². The molecule has 2 aromatic heterocycles. The lowest BCUT2D eigenvalue weighted by Gasteiger charge is -2.04. The third kappa shape index (κ3) is 1.03. The SMILES string of the molecule is Nc1nc2ccccc2c2c1nc1n2OCC1. The molecular formula is C12H10N4O. The summed E-state index contributed by atoms with van der Waals surface area (Å²) in [6.07, 6.45) is 0.822. The standard InChI is InChI=1S/C12H10N4O/c13-12-10-11(16-9(15-10)5-6-17-16)7-3-1-2-4-8(7)14-12/h1-4H,5-6H2,(H2,13,14). The molecule has 17 heavy (non-hydrogen) atoms. The fourth-order valence-corrected chi connectivity index (χ4v) is 2.35. The van der Waals surface area contributed by atoms with E-state index in [1.807, 2.05) is 24.3 Å². The van der Waals surface area contributed by atoms with Gasteiger partial charge < -0.3 is 10.6 Å². The minimum absolute atomic E-state index is 0.462. The number of rotatable bonds is 0. The number of nitrogens with zero attached hydrogens (tertiary/aromatic N) is 3. The summed E-state index contributed by atoms with van der Waals surface area (Å²) in [6, 6.07) is 7.89. The van der Waals surface area contributed by atoms with Gasteiger partial charge in [-0.2, -0.15) is 4.73 Å². The van der Waals surface area contributed by atoms with Crippen LogP contribution in [0.25, 0.3) is 21.9 Å². The lowest BCUT2D eigenvalue weighted by molar-refractivity contribution is 0.160. The molecule has 3 aromatic rings. The molecule has 0 spiro atoms. The van der Waals surface area contributed by atoms with Crippen LogP contribution < -0.4 is 10.6 Å². The van der Waals surface area contributed by atoms with Crippen molar-refractivity contribution >= 4 is 27.8 Å². The summed E-state index contributed by atoms with van der Waals surface area (Å²) in [5.41, 5.74) is 8.48. The largest absolute Gasteiger partial charge is 0.412 e. The average molecular weight is 226 g/mol. The molecular weight excluding hydrogens is 216 g/mol. The van der Waals surface area contributed by atoms with Crippen LogP contribution in [0.1, 0.15) is 5.82 Å². The first kappa shape index (κ1) is 8.81. The predicted molar refractivity (Wildman–Crippen MR) is 64.6 cm³/mol. The fourth-order valence-electron chi connectivity index (χ4n) is 2.35. The number of fused-ring (bicyclic) bond motifs is 5. The number of aromatic nitrogens is 3. The Bertz CT molecular complexity index is 747. The highest BCUT2D eigenvalue weighted by Gasteiger charge is 2.21. The topological polar surface area (TPSA) is 66.0 Å². The van der Waals surface area contributed by atoms with Gasteiger partial charge in [-0.3, -0.25) is 0 Å². The molecule has 0 aliphatic carbocycles. The van der Waals surface area contributed by atoms with Crippen molar-refractivity contribution in [1.82, 2.24) is 14.7 Å². The van der Waals surface area contributed by atoms with Crippen molar-refractivity contribution in [3.8, 4) is 0 Å². The molecule has 0 bridgehead atoms. The molecule has 0 radical (unpaired) electrons. The van der Waals surface area contributed by atoms with Crippen LogP contribution in [0.15, 0.2) is 24.3 Å². The Morgan fingerprint density at radius 2 is 2.12 bits per heavy atom. The predicted octanol–water partition coefficient (Wildman–Crippen LogP) is 1.15. The van der Waals surface area contributed by atoms with Crippen molar-refractivity contribution in [3.05, 3.63) is 30.1 Å². The lowest BCUT2D eigenvalue weighted by Crippen LogP contribution is -2.05. The number of nitrogens with two attached hydrogens (primary N) is 1. The first-order chi connectivity index (χ1) is 8.34. The van der Waals surface area contributed by atoms with E-state index in [0.29, 0.717) is 12.4 Å². The summed E-state index contributed by atoms with van der Waals surface area (Å²) in [6.45, 7) is 0.675. The van der Waals surface area contributed by atoms with Gasteiger partial charge in [-0.1, -0.05) is 18.2 Å². The zero-order chi connectivity index (χ0) is 11.4. The molecule has 0 unspecified atom stereocenters. The number of anilines is 1. The summed E-state index contributed by atoms with van der Waals surface area (Å²) in [5.74, 6) is 1.38. The minimum Gasteiger partial charge on any atom is -0.412 e. The number of imidazole rings is 1. The molecule has 0 saturated carbocycles. The minimum atomic E-state index is 0.462. The van der Waals surface area contributed by atoms with Gasteiger partial charge in [0.15, 0.2) is 5.82 Å². The summed E-state index contributed by atoms with van der Waals surface area (Å²) < 4.78 is 1.79. The van der Waals surface area contributed by atoms with Gasteiger partial charge in [0.2, 0.25) is 0 Å². The Hall–Kier alpha value is -2.30. The van der Waals surface area contributed by atoms with Gasteiger partial charge in [0.05, 0.1) is 5.52 Å². The number of benzene rings is 1. The summed E-state index contributed by atoms with van der Waals surface area (Å²) in [4.78, 5) is 14.4. The lowest BCUT2D eigenvalue weighted by atomic mass is 10.2. The Morgan fingerprint density at radius 1 is 1.24 bits per heavy atom. The van der Waals surface area contributed by atoms with E-state index in [0.717, 1.165) is 34.2 Å². The van der Waals surface area contributed by atoms with E-state index in [4.69, 9.17) is 10.6 Å². The molecule has 2 N–H and O–H groups in total. The number of hydrogen-bond donors (Lipinski definition) is 1. The van der Waals surface area contributed by atoms with Crippen LogP contribution in [0.2, 0.25) is 0 Å². The second-order valence-corrected chi connectivity index (χ2v) is 4.12. The number of para-hydroxylation sites is 1. The molecule has 3 heterocycles. The van der Waals surface area contributed by atoms with E-state index in [1.54, 1.807) is 4.73 Å². The molecule has 0 atom stereocenters. The van der Waals surface area contributed by atoms with E-state index in [1.165, 1.54) is 0 Å². The molecule has 84 valence electrons. The molecule has 5 heteroatoms. The van der Waals surface area contributed by atoms with Gasteiger partial charge in [-0.15, -0.1) is 0 Å². The molecule has 0 fully saturated rings. The smallest absolute Gasteiger partial charge is 0.152 e. The normalized spacial score (nSPS) is 14.1. The van der Waals surface area contributed by atoms with E-state index < -0.39 is 0 Å². The van der Waals surface area contributed by atoms with E-state index in [-0.39, 0.29) is 0 Å². The van der Waals surface area contributed by atoms with Crippen molar-refractivity contribution in [2.45, 2.75) is 6.42 Å².